The van der Waals surface area contributed by atoms with E-state index in [0.717, 1.165) is 11.1 Å². The molecule has 2 N–H and O–H groups in total. The van der Waals surface area contributed by atoms with Gasteiger partial charge in [0.1, 0.15) is 24.0 Å². The van der Waals surface area contributed by atoms with E-state index in [1.165, 1.54) is 7.11 Å². The molecular formula is C36H47ClN2O8. The summed E-state index contributed by atoms with van der Waals surface area (Å²) in [5.74, 6) is -1.72. The van der Waals surface area contributed by atoms with Crippen LogP contribution in [0, 0.1) is 17.3 Å². The Hall–Kier alpha value is -3.63. The number of benzene rings is 2. The van der Waals surface area contributed by atoms with E-state index in [1.54, 1.807) is 32.0 Å². The maximum absolute atomic E-state index is 13.6. The van der Waals surface area contributed by atoms with Crippen LogP contribution in [0.15, 0.2) is 48.5 Å². The van der Waals surface area contributed by atoms with Crippen molar-refractivity contribution in [3.05, 3.63) is 64.7 Å². The van der Waals surface area contributed by atoms with Crippen LogP contribution in [0.2, 0.25) is 5.02 Å². The highest BCUT2D eigenvalue weighted by Crippen LogP contribution is 2.45. The minimum absolute atomic E-state index is 0.0368. The standard InChI is InChI=1S/C36H47ClN2O8/c1-21(2)17-29-34(42)45-27(22(3)31-32(47-31)24-11-8-7-9-12-24)13-10-14-30(40)39-26(19-23-15-16-28(44-6)25(37)18-23)33(41)38-20-36(4,5)35(43)46-29/h7-9,11-12,15-16,18,21-22,26-27,29,31-32H,10,13-14,17,19-20H2,1-6H3,(H,38,41)(H,39,40)/t22-,26+,27?,29-,31?,32?/m0/s1. The third-order valence-corrected chi connectivity index (χ3v) is 8.98. The van der Waals surface area contributed by atoms with Gasteiger partial charge in [0, 0.05) is 25.3 Å². The molecule has 0 radical (unpaired) electrons. The molecule has 2 fully saturated rings. The van der Waals surface area contributed by atoms with Crippen LogP contribution >= 0.6 is 11.6 Å². The first kappa shape index (κ1) is 36.2. The van der Waals surface area contributed by atoms with Gasteiger partial charge >= 0.3 is 11.9 Å². The van der Waals surface area contributed by atoms with Crippen LogP contribution in [-0.4, -0.2) is 61.8 Å². The van der Waals surface area contributed by atoms with Gasteiger partial charge in [-0.2, -0.15) is 0 Å². The monoisotopic (exact) mass is 670 g/mol. The molecule has 0 saturated carbocycles. The van der Waals surface area contributed by atoms with Crippen molar-refractivity contribution in [3.63, 3.8) is 0 Å². The maximum Gasteiger partial charge on any atom is 0.347 e. The second-order valence-corrected chi connectivity index (χ2v) is 14.0. The first-order valence-electron chi connectivity index (χ1n) is 16.3. The molecular weight excluding hydrogens is 624 g/mol. The zero-order valence-corrected chi connectivity index (χ0v) is 28.8. The number of rotatable bonds is 8. The second kappa shape index (κ2) is 16.0. The van der Waals surface area contributed by atoms with Crippen LogP contribution in [-0.2, 0) is 39.8 Å². The highest BCUT2D eigenvalue weighted by molar-refractivity contribution is 6.32. The molecule has 2 aliphatic rings. The maximum atomic E-state index is 13.6. The van der Waals surface area contributed by atoms with Gasteiger partial charge < -0.3 is 29.6 Å². The number of carbonyl (C=O) groups excluding carboxylic acids is 4. The number of ether oxygens (including phenoxy) is 4. The number of nitrogens with one attached hydrogen (secondary N) is 2. The number of methoxy groups -OCH3 is 1. The Morgan fingerprint density at radius 1 is 1.02 bits per heavy atom. The number of hydrogen-bond acceptors (Lipinski definition) is 8. The van der Waals surface area contributed by atoms with Gasteiger partial charge in [-0.1, -0.05) is 68.8 Å². The Labute approximate surface area is 282 Å². The Morgan fingerprint density at radius 2 is 1.74 bits per heavy atom. The van der Waals surface area contributed by atoms with Gasteiger partial charge in [0.2, 0.25) is 11.8 Å². The molecule has 2 saturated heterocycles. The third kappa shape index (κ3) is 9.93. The zero-order chi connectivity index (χ0) is 34.3. The van der Waals surface area contributed by atoms with E-state index >= 15 is 0 Å². The fourth-order valence-corrected chi connectivity index (χ4v) is 6.01. The fraction of sp³-hybridized carbons (Fsp3) is 0.556. The lowest BCUT2D eigenvalue weighted by Crippen LogP contribution is -2.51. The molecule has 2 aliphatic heterocycles. The van der Waals surface area contributed by atoms with E-state index in [9.17, 15) is 19.2 Å². The molecule has 4 rings (SSSR count). The molecule has 0 spiro atoms. The van der Waals surface area contributed by atoms with E-state index < -0.39 is 41.5 Å². The molecule has 11 heteroatoms. The van der Waals surface area contributed by atoms with Crippen LogP contribution in [0.4, 0.5) is 0 Å². The number of carbonyl (C=O) groups is 4. The average Bonchev–Trinajstić information content (AvgIpc) is 3.83. The Morgan fingerprint density at radius 3 is 2.40 bits per heavy atom. The van der Waals surface area contributed by atoms with Crippen molar-refractivity contribution >= 4 is 35.4 Å². The Balaban J connectivity index is 1.57. The SMILES string of the molecule is COc1ccc(C[C@H]2NC(=O)CCCC([C@H](C)C3OC3c3ccccc3)OC(=O)[C@H](CC(C)C)OC(=O)C(C)(C)CNC2=O)cc1Cl. The molecule has 3 unspecified atom stereocenters. The number of cyclic esters (lactones) is 2. The lowest BCUT2D eigenvalue weighted by Gasteiger charge is -2.30. The van der Waals surface area contributed by atoms with Gasteiger partial charge in [0.05, 0.1) is 23.7 Å². The first-order valence-corrected chi connectivity index (χ1v) is 16.7. The summed E-state index contributed by atoms with van der Waals surface area (Å²) in [5.41, 5.74) is 0.580. The molecule has 0 aliphatic carbocycles. The van der Waals surface area contributed by atoms with Crippen molar-refractivity contribution in [3.8, 4) is 5.75 Å². The summed E-state index contributed by atoms with van der Waals surface area (Å²) in [6, 6.07) is 14.1. The molecule has 47 heavy (non-hydrogen) atoms. The van der Waals surface area contributed by atoms with Crippen molar-refractivity contribution in [2.75, 3.05) is 13.7 Å². The minimum atomic E-state index is -1.18. The van der Waals surface area contributed by atoms with Crippen molar-refractivity contribution < 1.29 is 38.1 Å². The summed E-state index contributed by atoms with van der Waals surface area (Å²) in [4.78, 5) is 53.7. The number of epoxide rings is 1. The van der Waals surface area contributed by atoms with Gasteiger partial charge in [0.15, 0.2) is 6.10 Å². The highest BCUT2D eigenvalue weighted by Gasteiger charge is 2.48. The molecule has 0 aromatic heterocycles. The smallest absolute Gasteiger partial charge is 0.347 e. The van der Waals surface area contributed by atoms with Crippen molar-refractivity contribution in [1.82, 2.24) is 10.6 Å². The van der Waals surface area contributed by atoms with Crippen LogP contribution in [0.25, 0.3) is 0 Å². The first-order chi connectivity index (χ1) is 22.3. The van der Waals surface area contributed by atoms with Crippen LogP contribution < -0.4 is 15.4 Å². The van der Waals surface area contributed by atoms with Crippen molar-refractivity contribution in [2.45, 2.75) is 97.2 Å². The molecule has 2 heterocycles. The molecule has 6 atom stereocenters. The summed E-state index contributed by atoms with van der Waals surface area (Å²) >= 11 is 6.33. The summed E-state index contributed by atoms with van der Waals surface area (Å²) < 4.78 is 23.2. The number of esters is 2. The average molecular weight is 671 g/mol. The molecule has 2 aromatic rings. The van der Waals surface area contributed by atoms with Crippen LogP contribution in [0.1, 0.15) is 77.5 Å². The fourth-order valence-electron chi connectivity index (χ4n) is 5.73. The lowest BCUT2D eigenvalue weighted by atomic mass is 9.92. The van der Waals surface area contributed by atoms with Gasteiger partial charge in [-0.15, -0.1) is 0 Å². The van der Waals surface area contributed by atoms with Crippen LogP contribution in [0.5, 0.6) is 5.75 Å². The van der Waals surface area contributed by atoms with Gasteiger partial charge in [0.25, 0.3) is 0 Å². The topological polar surface area (TPSA) is 133 Å². The molecule has 2 amide bonds. The van der Waals surface area contributed by atoms with E-state index in [0.29, 0.717) is 23.6 Å². The van der Waals surface area contributed by atoms with E-state index in [-0.39, 0.29) is 55.8 Å². The van der Waals surface area contributed by atoms with Gasteiger partial charge in [-0.05, 0) is 62.3 Å². The summed E-state index contributed by atoms with van der Waals surface area (Å²) in [5, 5.41) is 6.03. The van der Waals surface area contributed by atoms with Crippen molar-refractivity contribution in [2.24, 2.45) is 17.3 Å². The number of amides is 2. The third-order valence-electron chi connectivity index (χ3n) is 8.68. The normalized spacial score (nSPS) is 26.4. The summed E-state index contributed by atoms with van der Waals surface area (Å²) in [7, 11) is 1.51. The van der Waals surface area contributed by atoms with E-state index in [2.05, 4.69) is 10.6 Å². The van der Waals surface area contributed by atoms with Gasteiger partial charge in [-0.25, -0.2) is 4.79 Å². The minimum Gasteiger partial charge on any atom is -0.495 e. The molecule has 0 bridgehead atoms. The summed E-state index contributed by atoms with van der Waals surface area (Å²) in [6.45, 7) is 9.02. The van der Waals surface area contributed by atoms with Crippen LogP contribution in [0.3, 0.4) is 0 Å². The van der Waals surface area contributed by atoms with Crippen molar-refractivity contribution in [1.29, 1.82) is 0 Å². The highest BCUT2D eigenvalue weighted by atomic mass is 35.5. The Kier molecular flexibility index (Phi) is 12.3. The molecule has 2 aromatic carbocycles. The predicted molar refractivity (Wildman–Crippen MR) is 177 cm³/mol. The zero-order valence-electron chi connectivity index (χ0n) is 28.0. The van der Waals surface area contributed by atoms with Gasteiger partial charge in [-0.3, -0.25) is 14.4 Å². The summed E-state index contributed by atoms with van der Waals surface area (Å²) in [6.07, 6.45) is -0.701. The second-order valence-electron chi connectivity index (χ2n) is 13.6. The molecule has 10 nitrogen and oxygen atoms in total. The largest absolute Gasteiger partial charge is 0.495 e. The molecule has 256 valence electrons. The number of hydrogen-bond donors (Lipinski definition) is 2. The van der Waals surface area contributed by atoms with E-state index in [1.807, 2.05) is 51.1 Å². The lowest BCUT2D eigenvalue weighted by molar-refractivity contribution is -0.179. The quantitative estimate of drug-likeness (QED) is 0.284. The number of halogens is 1. The van der Waals surface area contributed by atoms with E-state index in [4.69, 9.17) is 30.5 Å². The Bertz CT molecular complexity index is 1410. The predicted octanol–water partition coefficient (Wildman–Crippen LogP) is 5.35.